The molecule has 0 amide bonds. The third-order valence-electron chi connectivity index (χ3n) is 7.32. The summed E-state index contributed by atoms with van der Waals surface area (Å²) in [5.74, 6) is 0. The van der Waals surface area contributed by atoms with Crippen LogP contribution in [0.2, 0.25) is 15.7 Å². The van der Waals surface area contributed by atoms with Crippen LogP contribution in [0.3, 0.4) is 0 Å². The molecule has 4 aromatic heterocycles. The number of fused-ring (bicyclic) bond motifs is 6. The lowest BCUT2D eigenvalue weighted by atomic mass is 9.81. The first kappa shape index (κ1) is 37.5. The van der Waals surface area contributed by atoms with Gasteiger partial charge in [0.05, 0.1) is 26.1 Å². The first-order valence-electron chi connectivity index (χ1n) is 15.3. The summed E-state index contributed by atoms with van der Waals surface area (Å²) in [7, 11) is -1.34. The lowest BCUT2D eigenvalue weighted by Crippen LogP contribution is -2.29. The molecular formula is C37H32BCl3N4O3S2. The quantitative estimate of drug-likeness (QED) is 0.103. The third kappa shape index (κ3) is 9.14. The zero-order valence-electron chi connectivity index (χ0n) is 25.8. The van der Waals surface area contributed by atoms with Crippen molar-refractivity contribution in [1.29, 1.82) is 0 Å². The SMILES string of the molecule is C.C1CCOC1.Clc1nc(-c2ccccc2)c2sc3ccccc3c2n1.Clc1nc(Cl)c2sc3ccccc3c2n1.OB(O)c1ccccc1. The van der Waals surface area contributed by atoms with Gasteiger partial charge >= 0.3 is 7.12 Å². The molecule has 0 aliphatic carbocycles. The molecule has 0 saturated carbocycles. The van der Waals surface area contributed by atoms with Crippen LogP contribution in [0.4, 0.5) is 0 Å². The zero-order valence-corrected chi connectivity index (χ0v) is 29.7. The molecule has 0 bridgehead atoms. The number of benzene rings is 4. The van der Waals surface area contributed by atoms with Gasteiger partial charge in [-0.1, -0.05) is 116 Å². The summed E-state index contributed by atoms with van der Waals surface area (Å²) in [5.41, 5.74) is 4.26. The van der Waals surface area contributed by atoms with E-state index in [9.17, 15) is 0 Å². The number of nitrogens with zero attached hydrogens (tertiary/aromatic N) is 4. The fraction of sp³-hybridized carbons (Fsp3) is 0.135. The van der Waals surface area contributed by atoms with E-state index in [1.54, 1.807) is 46.9 Å². The zero-order chi connectivity index (χ0) is 34.2. The van der Waals surface area contributed by atoms with Crippen molar-refractivity contribution in [1.82, 2.24) is 19.9 Å². The molecule has 50 heavy (non-hydrogen) atoms. The number of hydrogen-bond donors (Lipinski definition) is 2. The second-order valence-corrected chi connectivity index (χ2v) is 13.8. The summed E-state index contributed by atoms with van der Waals surface area (Å²) in [6, 6.07) is 35.0. The van der Waals surface area contributed by atoms with Gasteiger partial charge in [-0.3, -0.25) is 0 Å². The number of halogens is 3. The number of rotatable bonds is 2. The smallest absolute Gasteiger partial charge is 0.423 e. The van der Waals surface area contributed by atoms with Crippen molar-refractivity contribution in [2.45, 2.75) is 20.3 Å². The van der Waals surface area contributed by atoms with Gasteiger partial charge in [-0.25, -0.2) is 19.9 Å². The average molecular weight is 762 g/mol. The van der Waals surface area contributed by atoms with Crippen molar-refractivity contribution in [2.75, 3.05) is 13.2 Å². The molecule has 0 spiro atoms. The molecule has 8 aromatic rings. The molecule has 0 unspecified atom stereocenters. The van der Waals surface area contributed by atoms with E-state index in [0.29, 0.717) is 15.9 Å². The van der Waals surface area contributed by atoms with E-state index >= 15 is 0 Å². The molecular weight excluding hydrogens is 730 g/mol. The molecule has 0 radical (unpaired) electrons. The van der Waals surface area contributed by atoms with Gasteiger partial charge in [0, 0.05) is 38.9 Å². The van der Waals surface area contributed by atoms with E-state index in [1.807, 2.05) is 72.8 Å². The molecule has 2 N–H and O–H groups in total. The minimum Gasteiger partial charge on any atom is -0.423 e. The Morgan fingerprint density at radius 3 is 1.58 bits per heavy atom. The Morgan fingerprint density at radius 1 is 0.580 bits per heavy atom. The Hall–Kier alpha value is -3.71. The highest BCUT2D eigenvalue weighted by molar-refractivity contribution is 7.26. The second-order valence-electron chi connectivity index (χ2n) is 10.6. The number of aromatic nitrogens is 4. The lowest BCUT2D eigenvalue weighted by Gasteiger charge is -2.02. The monoisotopic (exact) mass is 760 g/mol. The van der Waals surface area contributed by atoms with E-state index in [2.05, 4.69) is 32.1 Å². The molecule has 13 heteroatoms. The van der Waals surface area contributed by atoms with Crippen LogP contribution in [0.1, 0.15) is 20.3 Å². The minimum atomic E-state index is -1.34. The summed E-state index contributed by atoms with van der Waals surface area (Å²) in [6.45, 7) is 2.00. The average Bonchev–Trinajstić information content (AvgIpc) is 3.90. The summed E-state index contributed by atoms with van der Waals surface area (Å²) in [4.78, 5) is 17.0. The predicted octanol–water partition coefficient (Wildman–Crippen LogP) is 10.1. The molecule has 4 aromatic carbocycles. The maximum Gasteiger partial charge on any atom is 0.488 e. The van der Waals surface area contributed by atoms with Crippen molar-refractivity contribution in [3.63, 3.8) is 0 Å². The normalized spacial score (nSPS) is 11.9. The first-order valence-corrected chi connectivity index (χ1v) is 18.0. The number of thiophene rings is 2. The van der Waals surface area contributed by atoms with Crippen LogP contribution in [0.25, 0.3) is 51.9 Å². The van der Waals surface area contributed by atoms with Crippen LogP contribution in [0.15, 0.2) is 109 Å². The Bertz CT molecular complexity index is 2300. The third-order valence-corrected chi connectivity index (χ3v) is 10.4. The van der Waals surface area contributed by atoms with Crippen LogP contribution in [0.5, 0.6) is 0 Å². The standard InChI is InChI=1S/C16H9ClN2S.C10H4Cl2N2S.C6H7BO2.C4H8O.CH4/c17-16-18-13(10-6-2-1-3-7-10)15-14(19-16)11-8-4-5-9-12(11)20-15;11-9-8-7(13-10(12)14-9)5-3-1-2-4-6(5)15-8;8-7(9)6-4-2-1-3-5-6;1-2-4-5-3-1;/h1-9H;1-4H;1-5,8-9H;1-4H2;1H4. The maximum atomic E-state index is 8.58. The second kappa shape index (κ2) is 18.0. The molecule has 5 heterocycles. The molecule has 0 atom stereocenters. The van der Waals surface area contributed by atoms with Gasteiger partial charge in [0.2, 0.25) is 10.6 Å². The van der Waals surface area contributed by atoms with Crippen molar-refractivity contribution in [3.05, 3.63) is 125 Å². The largest absolute Gasteiger partial charge is 0.488 e. The topological polar surface area (TPSA) is 101 Å². The molecule has 1 fully saturated rings. The number of hydrogen-bond acceptors (Lipinski definition) is 9. The van der Waals surface area contributed by atoms with Crippen LogP contribution < -0.4 is 5.46 Å². The fourth-order valence-corrected chi connectivity index (χ4v) is 7.87. The number of ether oxygens (including phenoxy) is 1. The van der Waals surface area contributed by atoms with Gasteiger partial charge < -0.3 is 14.8 Å². The van der Waals surface area contributed by atoms with Crippen LogP contribution in [-0.2, 0) is 4.74 Å². The summed E-state index contributed by atoms with van der Waals surface area (Å²) < 4.78 is 9.27. The van der Waals surface area contributed by atoms with Gasteiger partial charge in [0.25, 0.3) is 0 Å². The fourth-order valence-electron chi connectivity index (χ4n) is 5.02. The summed E-state index contributed by atoms with van der Waals surface area (Å²) in [6.07, 6.45) is 2.56. The molecule has 9 rings (SSSR count). The van der Waals surface area contributed by atoms with Crippen molar-refractivity contribution < 1.29 is 14.8 Å². The highest BCUT2D eigenvalue weighted by atomic mass is 35.5. The first-order chi connectivity index (χ1) is 23.9. The van der Waals surface area contributed by atoms with Gasteiger partial charge in [-0.15, -0.1) is 22.7 Å². The molecule has 1 saturated heterocycles. The Balaban J connectivity index is 0.000000142. The highest BCUT2D eigenvalue weighted by Crippen LogP contribution is 2.38. The van der Waals surface area contributed by atoms with Crippen molar-refractivity contribution >= 4 is 111 Å². The van der Waals surface area contributed by atoms with Crippen LogP contribution in [-0.4, -0.2) is 50.3 Å². The van der Waals surface area contributed by atoms with Crippen LogP contribution in [0, 0.1) is 0 Å². The van der Waals surface area contributed by atoms with E-state index in [1.165, 1.54) is 17.5 Å². The molecule has 1 aliphatic rings. The molecule has 254 valence electrons. The summed E-state index contributed by atoms with van der Waals surface area (Å²) in [5, 5.41) is 20.3. The summed E-state index contributed by atoms with van der Waals surface area (Å²) >= 11 is 21.2. The van der Waals surface area contributed by atoms with E-state index in [4.69, 9.17) is 49.6 Å². The van der Waals surface area contributed by atoms with Crippen molar-refractivity contribution in [3.8, 4) is 11.3 Å². The van der Waals surface area contributed by atoms with Gasteiger partial charge in [0.15, 0.2) is 5.15 Å². The van der Waals surface area contributed by atoms with E-state index in [0.717, 1.165) is 60.4 Å². The Kier molecular flexibility index (Phi) is 13.5. The van der Waals surface area contributed by atoms with Crippen LogP contribution >= 0.6 is 57.5 Å². The molecule has 1 aliphatic heterocycles. The van der Waals surface area contributed by atoms with Gasteiger partial charge in [-0.2, -0.15) is 0 Å². The Morgan fingerprint density at radius 2 is 1.06 bits per heavy atom. The van der Waals surface area contributed by atoms with Gasteiger partial charge in [-0.05, 0) is 53.6 Å². The molecule has 7 nitrogen and oxygen atoms in total. The van der Waals surface area contributed by atoms with E-state index in [-0.39, 0.29) is 12.7 Å². The van der Waals surface area contributed by atoms with Gasteiger partial charge in [0.1, 0.15) is 0 Å². The Labute approximate surface area is 313 Å². The maximum absolute atomic E-state index is 8.58. The highest BCUT2D eigenvalue weighted by Gasteiger charge is 2.14. The van der Waals surface area contributed by atoms with Crippen molar-refractivity contribution in [2.24, 2.45) is 0 Å². The lowest BCUT2D eigenvalue weighted by molar-refractivity contribution is 0.198. The van der Waals surface area contributed by atoms with E-state index < -0.39 is 7.12 Å². The minimum absolute atomic E-state index is 0. The predicted molar refractivity (Wildman–Crippen MR) is 213 cm³/mol.